The number of aryl methyl sites for hydroxylation is 3. The molecule has 0 radical (unpaired) electrons. The molecule has 1 N–H and O–H groups in total. The Kier molecular flexibility index (Phi) is 26.0. The third-order valence-corrected chi connectivity index (χ3v) is 8.05. The largest absolute Gasteiger partial charge is 3.00 e. The second kappa shape index (κ2) is 27.6. The first kappa shape index (κ1) is 48.0. The van der Waals surface area contributed by atoms with Gasteiger partial charge in [0, 0.05) is 24.0 Å². The molecule has 3 heterocycles. The zero-order chi connectivity index (χ0) is 37.5. The molecule has 51 heavy (non-hydrogen) atoms. The average Bonchev–Trinajstić information content (AvgIpc) is 3.79. The van der Waals surface area contributed by atoms with E-state index in [0.29, 0.717) is 23.8 Å². The molecule has 2 aromatic heterocycles. The predicted molar refractivity (Wildman–Crippen MR) is 202 cm³/mol. The van der Waals surface area contributed by atoms with Gasteiger partial charge in [-0.15, -0.1) is 29.7 Å². The van der Waals surface area contributed by atoms with Crippen molar-refractivity contribution >= 4 is 11.9 Å². The number of imidazole rings is 1. The van der Waals surface area contributed by atoms with E-state index in [-0.39, 0.29) is 45.1 Å². The van der Waals surface area contributed by atoms with E-state index in [4.69, 9.17) is 15.1 Å². The number of aromatic nitrogens is 3. The molecular formula is C41H57FN5O3Y. The van der Waals surface area contributed by atoms with Crippen molar-refractivity contribution in [3.05, 3.63) is 96.5 Å². The number of aliphatic hydroxyl groups excluding tert-OH is 1. The molecule has 2 aromatic carbocycles. The smallest absolute Gasteiger partial charge is 0.476 e. The summed E-state index contributed by atoms with van der Waals surface area (Å²) in [5, 5.41) is 17.4. The average molecular weight is 776 g/mol. The molecule has 10 heteroatoms. The summed E-state index contributed by atoms with van der Waals surface area (Å²) in [6.45, 7) is 23.6. The van der Waals surface area contributed by atoms with E-state index in [1.807, 2.05) is 62.7 Å². The van der Waals surface area contributed by atoms with Crippen LogP contribution >= 0.6 is 0 Å². The maximum absolute atomic E-state index is 14.4. The number of nitriles is 1. The molecule has 5 rings (SSSR count). The Morgan fingerprint density at radius 1 is 1.12 bits per heavy atom. The van der Waals surface area contributed by atoms with Gasteiger partial charge >= 0.3 is 32.7 Å². The summed E-state index contributed by atoms with van der Waals surface area (Å²) in [6.07, 6.45) is 15.0. The van der Waals surface area contributed by atoms with Gasteiger partial charge in [-0.1, -0.05) is 40.2 Å². The summed E-state index contributed by atoms with van der Waals surface area (Å²) < 4.78 is 21.3. The van der Waals surface area contributed by atoms with Crippen LogP contribution in [-0.2, 0) is 43.9 Å². The number of hydrogen-bond acceptors (Lipinski definition) is 7. The molecule has 0 bridgehead atoms. The Balaban J connectivity index is 0.000000727. The van der Waals surface area contributed by atoms with Crippen molar-refractivity contribution in [1.82, 2.24) is 19.3 Å². The first-order valence-electron chi connectivity index (χ1n) is 17.7. The van der Waals surface area contributed by atoms with Crippen LogP contribution in [0.5, 0.6) is 5.75 Å². The predicted octanol–water partition coefficient (Wildman–Crippen LogP) is 8.77. The summed E-state index contributed by atoms with van der Waals surface area (Å²) in [6, 6.07) is 11.4. The fourth-order valence-corrected chi connectivity index (χ4v) is 5.33. The molecule has 1 aliphatic heterocycles. The summed E-state index contributed by atoms with van der Waals surface area (Å²) in [5.41, 5.74) is 6.45. The van der Waals surface area contributed by atoms with Gasteiger partial charge in [-0.25, -0.2) is 9.37 Å². The monoisotopic (exact) mass is 775 g/mol. The minimum atomic E-state index is -0.464. The van der Waals surface area contributed by atoms with Crippen LogP contribution in [0.15, 0.2) is 48.9 Å². The normalized spacial score (nSPS) is 13.0. The quantitative estimate of drug-likeness (QED) is 0.161. The molecule has 0 aliphatic carbocycles. The first-order valence-corrected chi connectivity index (χ1v) is 17.7. The van der Waals surface area contributed by atoms with Crippen molar-refractivity contribution in [3.63, 3.8) is 0 Å². The number of nitrogens with zero attached hydrogens (tertiary/aromatic N) is 5. The Hall–Kier alpha value is -3.03. The Morgan fingerprint density at radius 2 is 1.82 bits per heavy atom. The molecule has 0 saturated carbocycles. The molecule has 1 aliphatic rings. The second-order valence-electron chi connectivity index (χ2n) is 11.5. The van der Waals surface area contributed by atoms with Crippen LogP contribution in [0.25, 0.3) is 16.9 Å². The molecular weight excluding hydrogens is 718 g/mol. The molecule has 1 fully saturated rings. The zero-order valence-corrected chi connectivity index (χ0v) is 34.7. The number of halogens is 1. The van der Waals surface area contributed by atoms with Gasteiger partial charge in [-0.3, -0.25) is 14.3 Å². The minimum absolute atomic E-state index is 0. The van der Waals surface area contributed by atoms with Gasteiger partial charge in [0.1, 0.15) is 6.07 Å². The van der Waals surface area contributed by atoms with Gasteiger partial charge in [0.2, 0.25) is 0 Å². The second-order valence-corrected chi connectivity index (χ2v) is 11.5. The van der Waals surface area contributed by atoms with Gasteiger partial charge in [0.05, 0.1) is 30.5 Å². The number of rotatable bonds is 10. The standard InChI is InChI=1S/C16H13FN4O.C10H11O.C8H17NO.C5H10.C2H6.Y/c1-10-12(3-4-14(15(10)17)22-8-5-18)13-9-20-16-11(2)19-6-7-21(13)16;1-3-9-4-5-10(7-11)8(2)6-9;1-2-5-9-6-3-4-8(9)7-10;1-3-5-4-2;1-2;/h3-4,6-7,9H,8H2,1-2H3;4-6H,3H2,1-2H3;8,10H,2-7H2,1H3;1-5H2;1-2H3;/q;-1;;-2;;+3. The summed E-state index contributed by atoms with van der Waals surface area (Å²) in [4.78, 5) is 21.2. The summed E-state index contributed by atoms with van der Waals surface area (Å²) in [7, 11) is 0. The van der Waals surface area contributed by atoms with E-state index in [1.165, 1.54) is 43.9 Å². The zero-order valence-electron chi connectivity index (χ0n) is 31.8. The van der Waals surface area contributed by atoms with Crippen molar-refractivity contribution in [2.75, 3.05) is 26.3 Å². The van der Waals surface area contributed by atoms with Gasteiger partial charge in [0.25, 0.3) is 0 Å². The molecule has 8 nitrogen and oxygen atoms in total. The van der Waals surface area contributed by atoms with Gasteiger partial charge in [-0.05, 0) is 70.3 Å². The number of fused-ring (bicyclic) bond motifs is 1. The Labute approximate surface area is 331 Å². The number of hydrogen-bond donors (Lipinski definition) is 1. The van der Waals surface area contributed by atoms with Crippen LogP contribution in [0.2, 0.25) is 0 Å². The number of aliphatic hydroxyl groups is 1. The van der Waals surface area contributed by atoms with E-state index >= 15 is 0 Å². The van der Waals surface area contributed by atoms with Gasteiger partial charge in [0.15, 0.2) is 23.8 Å². The molecule has 0 amide bonds. The number of benzene rings is 2. The van der Waals surface area contributed by atoms with Crippen LogP contribution in [0, 0.1) is 51.8 Å². The van der Waals surface area contributed by atoms with E-state index in [2.05, 4.69) is 42.6 Å². The van der Waals surface area contributed by atoms with Crippen molar-refractivity contribution in [2.24, 2.45) is 0 Å². The number of unbranched alkanes of at least 4 members (excludes halogenated alkanes) is 2. The fraction of sp³-hybridized carbons (Fsp3) is 0.463. The van der Waals surface area contributed by atoms with Crippen molar-refractivity contribution < 1.29 is 51.7 Å². The van der Waals surface area contributed by atoms with Gasteiger partial charge < -0.3 is 28.5 Å². The molecule has 0 spiro atoms. The molecule has 274 valence electrons. The third-order valence-electron chi connectivity index (χ3n) is 8.05. The maximum Gasteiger partial charge on any atom is 3.00 e. The van der Waals surface area contributed by atoms with Crippen LogP contribution in [-0.4, -0.2) is 63.0 Å². The van der Waals surface area contributed by atoms with E-state index in [9.17, 15) is 9.18 Å². The van der Waals surface area contributed by atoms with Crippen LogP contribution in [0.3, 0.4) is 0 Å². The minimum Gasteiger partial charge on any atom is -0.476 e. The molecule has 1 unspecified atom stereocenters. The van der Waals surface area contributed by atoms with E-state index in [0.717, 1.165) is 54.0 Å². The molecule has 4 aromatic rings. The number of ether oxygens (including phenoxy) is 1. The number of carbonyl (C=O) groups excluding carboxylic acids is 1. The summed E-state index contributed by atoms with van der Waals surface area (Å²) >= 11 is 0. The number of likely N-dealkylation sites (tertiary alicyclic amines) is 1. The molecule has 1 atom stereocenters. The van der Waals surface area contributed by atoms with Crippen molar-refractivity contribution in [2.45, 2.75) is 99.5 Å². The van der Waals surface area contributed by atoms with Crippen LogP contribution in [0.1, 0.15) is 94.2 Å². The first-order chi connectivity index (χ1) is 24.2. The summed E-state index contributed by atoms with van der Waals surface area (Å²) in [5.74, 6) is -0.386. The van der Waals surface area contributed by atoms with E-state index < -0.39 is 5.82 Å². The van der Waals surface area contributed by atoms with E-state index in [1.54, 1.807) is 31.6 Å². The Bertz CT molecular complexity index is 1600. The molecule has 1 saturated heterocycles. The van der Waals surface area contributed by atoms with Crippen LogP contribution in [0.4, 0.5) is 4.39 Å². The van der Waals surface area contributed by atoms with Crippen molar-refractivity contribution in [3.8, 4) is 23.1 Å². The third kappa shape index (κ3) is 15.2. The SMILES string of the molecule is CC.CCCN1CCCC1CO.CCc1ccc([C-]=O)c(C)c1.Cc1c(-c2cnc3c(C)nccn23)ccc(OCC#N)c1F.[CH2-]CCC[CH2-].[Y+3]. The van der Waals surface area contributed by atoms with Crippen LogP contribution < -0.4 is 4.74 Å². The Morgan fingerprint density at radius 3 is 2.37 bits per heavy atom. The van der Waals surface area contributed by atoms with Crippen molar-refractivity contribution in [1.29, 1.82) is 5.26 Å². The maximum atomic E-state index is 14.4. The topological polar surface area (TPSA) is 104 Å². The van der Waals surface area contributed by atoms with Gasteiger partial charge in [-0.2, -0.15) is 24.2 Å². The fourth-order valence-electron chi connectivity index (χ4n) is 5.33.